The molecule has 0 spiro atoms. The molecular weight excluding hydrogens is 384 g/mol. The number of hydrogen-bond acceptors (Lipinski definition) is 4. The van der Waals surface area contributed by atoms with Crippen LogP contribution in [0.5, 0.6) is 0 Å². The van der Waals surface area contributed by atoms with Crippen molar-refractivity contribution in [1.29, 1.82) is 0 Å². The lowest BCUT2D eigenvalue weighted by Crippen LogP contribution is -2.38. The van der Waals surface area contributed by atoms with Gasteiger partial charge in [-0.1, -0.05) is 29.8 Å². The Morgan fingerprint density at radius 3 is 2.85 bits per heavy atom. The van der Waals surface area contributed by atoms with Gasteiger partial charge >= 0.3 is 0 Å². The first-order chi connectivity index (χ1) is 13.0. The first-order valence-corrected chi connectivity index (χ1v) is 9.72. The van der Waals surface area contributed by atoms with Crippen LogP contribution in [0, 0.1) is 6.92 Å². The van der Waals surface area contributed by atoms with E-state index in [2.05, 4.69) is 10.4 Å². The summed E-state index contributed by atoms with van der Waals surface area (Å²) in [6.07, 6.45) is 0. The minimum atomic E-state index is -0.739. The van der Waals surface area contributed by atoms with Gasteiger partial charge in [0.1, 0.15) is 17.4 Å². The van der Waals surface area contributed by atoms with Gasteiger partial charge in [0.15, 0.2) is 0 Å². The molecule has 138 valence electrons. The Morgan fingerprint density at radius 1 is 1.30 bits per heavy atom. The molecule has 0 unspecified atom stereocenters. The second-order valence-corrected chi connectivity index (χ2v) is 7.67. The zero-order chi connectivity index (χ0) is 19.1. The maximum absolute atomic E-state index is 12.9. The largest absolute Gasteiger partial charge is 0.350 e. The predicted molar refractivity (Wildman–Crippen MR) is 108 cm³/mol. The van der Waals surface area contributed by atoms with E-state index in [1.54, 1.807) is 24.3 Å². The summed E-state index contributed by atoms with van der Waals surface area (Å²) in [5.41, 5.74) is 2.01. The molecule has 4 rings (SSSR count). The Morgan fingerprint density at radius 2 is 2.07 bits per heavy atom. The smallest absolute Gasteiger partial charge is 0.291 e. The number of benzene rings is 1. The highest BCUT2D eigenvalue weighted by Crippen LogP contribution is 2.24. The fourth-order valence-corrected chi connectivity index (χ4v) is 4.15. The molecular formula is C19H17ClN4O2S. The Labute approximate surface area is 164 Å². The van der Waals surface area contributed by atoms with Crippen molar-refractivity contribution in [3.05, 3.63) is 68.5 Å². The molecule has 1 atom stereocenters. The first-order valence-electron chi connectivity index (χ1n) is 8.46. The Hall–Kier alpha value is -2.64. The topological polar surface area (TPSA) is 68.4 Å². The van der Waals surface area contributed by atoms with Crippen molar-refractivity contribution in [2.24, 2.45) is 0 Å². The number of carbonyl (C=O) groups excluding carboxylic acids is 1. The van der Waals surface area contributed by atoms with Crippen LogP contribution in [0.1, 0.15) is 24.4 Å². The lowest BCUT2D eigenvalue weighted by atomic mass is 10.2. The molecule has 1 amide bonds. The summed E-state index contributed by atoms with van der Waals surface area (Å²) < 4.78 is 4.10. The molecule has 0 saturated heterocycles. The second-order valence-electron chi connectivity index (χ2n) is 6.32. The molecule has 0 fully saturated rings. The number of nitrogens with one attached hydrogen (secondary N) is 1. The number of hydrogen-bond donors (Lipinski definition) is 1. The van der Waals surface area contributed by atoms with Gasteiger partial charge in [-0.2, -0.15) is 5.10 Å². The molecule has 0 bridgehead atoms. The van der Waals surface area contributed by atoms with E-state index < -0.39 is 6.04 Å². The summed E-state index contributed by atoms with van der Waals surface area (Å²) in [4.78, 5) is 25.5. The molecule has 8 heteroatoms. The van der Waals surface area contributed by atoms with Gasteiger partial charge in [-0.05, 0) is 43.0 Å². The number of aryl methyl sites for hydroxylation is 1. The summed E-state index contributed by atoms with van der Waals surface area (Å²) in [6, 6.07) is 10.4. The molecule has 0 aliphatic carbocycles. The van der Waals surface area contributed by atoms with Crippen LogP contribution in [0.3, 0.4) is 0 Å². The molecule has 1 aromatic carbocycles. The summed E-state index contributed by atoms with van der Waals surface area (Å²) in [5.74, 6) is 0.366. The van der Waals surface area contributed by atoms with Crippen LogP contribution in [0.2, 0.25) is 5.02 Å². The Balaban J connectivity index is 1.65. The molecule has 3 heterocycles. The van der Waals surface area contributed by atoms with Gasteiger partial charge in [0, 0.05) is 11.6 Å². The van der Waals surface area contributed by atoms with Crippen molar-refractivity contribution < 1.29 is 4.79 Å². The number of aromatic nitrogens is 3. The van der Waals surface area contributed by atoms with Crippen molar-refractivity contribution in [2.45, 2.75) is 26.4 Å². The summed E-state index contributed by atoms with van der Waals surface area (Å²) in [6.45, 7) is 3.78. The average molecular weight is 401 g/mol. The van der Waals surface area contributed by atoms with Gasteiger partial charge in [0.25, 0.3) is 5.56 Å². The predicted octanol–water partition coefficient (Wildman–Crippen LogP) is 3.55. The zero-order valence-corrected chi connectivity index (χ0v) is 16.3. The molecule has 27 heavy (non-hydrogen) atoms. The third-order valence-electron chi connectivity index (χ3n) is 4.58. The quantitative estimate of drug-likeness (QED) is 0.569. The van der Waals surface area contributed by atoms with Crippen molar-refractivity contribution in [3.8, 4) is 0 Å². The maximum atomic E-state index is 12.9. The van der Waals surface area contributed by atoms with Gasteiger partial charge in [0.05, 0.1) is 10.2 Å². The van der Waals surface area contributed by atoms with Gasteiger partial charge in [-0.25, -0.2) is 4.68 Å². The van der Waals surface area contributed by atoms with E-state index in [1.165, 1.54) is 4.68 Å². The molecule has 6 nitrogen and oxygen atoms in total. The van der Waals surface area contributed by atoms with E-state index in [1.807, 2.05) is 47.0 Å². The number of fused-ring (bicyclic) bond motifs is 3. The van der Waals surface area contributed by atoms with Crippen molar-refractivity contribution in [2.75, 3.05) is 0 Å². The van der Waals surface area contributed by atoms with E-state index in [9.17, 15) is 9.59 Å². The lowest BCUT2D eigenvalue weighted by molar-refractivity contribution is -0.124. The lowest BCUT2D eigenvalue weighted by Gasteiger charge is -2.16. The SMILES string of the molecule is Cc1nn([C@@H](C)C(=O)NCc2ccccc2Cl)c(=O)c2cc3sccc3n12. The van der Waals surface area contributed by atoms with Crippen LogP contribution in [0.15, 0.2) is 46.6 Å². The molecule has 3 aromatic heterocycles. The molecule has 0 aliphatic rings. The maximum Gasteiger partial charge on any atom is 0.291 e. The van der Waals surface area contributed by atoms with Gasteiger partial charge in [-0.3, -0.25) is 14.0 Å². The number of carbonyl (C=O) groups is 1. The van der Waals surface area contributed by atoms with Crippen molar-refractivity contribution in [1.82, 2.24) is 19.5 Å². The summed E-state index contributed by atoms with van der Waals surface area (Å²) >= 11 is 7.69. The van der Waals surface area contributed by atoms with Crippen LogP contribution < -0.4 is 10.9 Å². The van der Waals surface area contributed by atoms with Crippen LogP contribution in [0.25, 0.3) is 15.7 Å². The van der Waals surface area contributed by atoms with Gasteiger partial charge < -0.3 is 5.32 Å². The van der Waals surface area contributed by atoms with Gasteiger partial charge in [-0.15, -0.1) is 11.3 Å². The highest BCUT2D eigenvalue weighted by molar-refractivity contribution is 7.17. The number of amides is 1. The summed E-state index contributed by atoms with van der Waals surface area (Å²) in [5, 5.41) is 9.78. The highest BCUT2D eigenvalue weighted by atomic mass is 35.5. The molecule has 4 aromatic rings. The average Bonchev–Trinajstić information content (AvgIpc) is 3.24. The standard InChI is InChI=1S/C19H17ClN4O2S/c1-11(18(25)21-10-13-5-3-4-6-14(13)20)24-19(26)16-9-17-15(7-8-27-17)23(16)12(2)22-24/h3-9,11H,10H2,1-2H3,(H,21,25)/t11-/m0/s1. The van der Waals surface area contributed by atoms with Crippen LogP contribution in [-0.4, -0.2) is 20.1 Å². The van der Waals surface area contributed by atoms with E-state index in [0.717, 1.165) is 15.8 Å². The fraction of sp³-hybridized carbons (Fsp3) is 0.211. The van der Waals surface area contributed by atoms with E-state index in [4.69, 9.17) is 11.6 Å². The Bertz CT molecular complexity index is 1220. The molecule has 0 radical (unpaired) electrons. The van der Waals surface area contributed by atoms with Crippen LogP contribution in [0.4, 0.5) is 0 Å². The number of halogens is 1. The number of thiophene rings is 1. The molecule has 0 saturated carbocycles. The molecule has 1 N–H and O–H groups in total. The minimum absolute atomic E-state index is 0.288. The highest BCUT2D eigenvalue weighted by Gasteiger charge is 2.21. The van der Waals surface area contributed by atoms with Crippen molar-refractivity contribution >= 4 is 44.6 Å². The fourth-order valence-electron chi connectivity index (χ4n) is 3.14. The van der Waals surface area contributed by atoms with E-state index >= 15 is 0 Å². The zero-order valence-electron chi connectivity index (χ0n) is 14.8. The number of nitrogens with zero attached hydrogens (tertiary/aromatic N) is 3. The second kappa shape index (κ2) is 6.83. The van der Waals surface area contributed by atoms with Gasteiger partial charge in [0.2, 0.25) is 5.91 Å². The monoisotopic (exact) mass is 400 g/mol. The Kier molecular flexibility index (Phi) is 4.49. The van der Waals surface area contributed by atoms with E-state index in [0.29, 0.717) is 22.9 Å². The van der Waals surface area contributed by atoms with Crippen molar-refractivity contribution in [3.63, 3.8) is 0 Å². The normalized spacial score (nSPS) is 12.6. The summed E-state index contributed by atoms with van der Waals surface area (Å²) in [7, 11) is 0. The third-order valence-corrected chi connectivity index (χ3v) is 5.81. The first kappa shape index (κ1) is 17.8. The third kappa shape index (κ3) is 3.02. The number of rotatable bonds is 4. The van der Waals surface area contributed by atoms with Crippen LogP contribution in [-0.2, 0) is 11.3 Å². The minimum Gasteiger partial charge on any atom is -0.350 e. The molecule has 0 aliphatic heterocycles. The van der Waals surface area contributed by atoms with E-state index in [-0.39, 0.29) is 11.5 Å². The van der Waals surface area contributed by atoms with Crippen LogP contribution >= 0.6 is 22.9 Å².